The van der Waals surface area contributed by atoms with Crippen molar-refractivity contribution < 1.29 is 4.74 Å². The summed E-state index contributed by atoms with van der Waals surface area (Å²) in [6.45, 7) is 0.779. The zero-order valence-electron chi connectivity index (χ0n) is 10.4. The maximum atomic E-state index is 6.13. The molecule has 0 radical (unpaired) electrons. The Balaban J connectivity index is 2.60. The van der Waals surface area contributed by atoms with E-state index >= 15 is 0 Å². The van der Waals surface area contributed by atoms with Gasteiger partial charge in [0.15, 0.2) is 0 Å². The monoisotopic (exact) mass is 222 g/mol. The average molecular weight is 222 g/mol. The summed E-state index contributed by atoms with van der Waals surface area (Å²) in [7, 11) is 5.79. The summed E-state index contributed by atoms with van der Waals surface area (Å²) in [6.07, 6.45) is 1.97. The smallest absolute Gasteiger partial charge is 0.0462 e. The Bertz CT molecular complexity index is 313. The number of hydrogen-bond donors (Lipinski definition) is 1. The van der Waals surface area contributed by atoms with Gasteiger partial charge in [-0.1, -0.05) is 12.1 Å². The molecule has 1 atom stereocenters. The Labute approximate surface area is 98.2 Å². The van der Waals surface area contributed by atoms with Crippen molar-refractivity contribution in [2.75, 3.05) is 32.7 Å². The van der Waals surface area contributed by atoms with E-state index in [-0.39, 0.29) is 6.04 Å². The second-order valence-electron chi connectivity index (χ2n) is 4.23. The van der Waals surface area contributed by atoms with Gasteiger partial charge in [-0.2, -0.15) is 0 Å². The predicted octanol–water partition coefficient (Wildman–Crippen LogP) is 2.18. The summed E-state index contributed by atoms with van der Waals surface area (Å²) in [6, 6.07) is 8.49. The van der Waals surface area contributed by atoms with Gasteiger partial charge in [-0.3, -0.25) is 0 Å². The first-order valence-corrected chi connectivity index (χ1v) is 5.67. The van der Waals surface area contributed by atoms with Crippen molar-refractivity contribution in [3.63, 3.8) is 0 Å². The van der Waals surface area contributed by atoms with Crippen LogP contribution in [0, 0.1) is 0 Å². The molecule has 0 bridgehead atoms. The number of rotatable bonds is 6. The maximum absolute atomic E-state index is 6.13. The Kier molecular flexibility index (Phi) is 5.29. The highest BCUT2D eigenvalue weighted by atomic mass is 16.5. The van der Waals surface area contributed by atoms with Gasteiger partial charge in [-0.15, -0.1) is 0 Å². The molecule has 0 aliphatic carbocycles. The molecule has 0 amide bonds. The minimum Gasteiger partial charge on any atom is -0.385 e. The van der Waals surface area contributed by atoms with E-state index in [0.29, 0.717) is 0 Å². The van der Waals surface area contributed by atoms with E-state index in [0.717, 1.165) is 19.4 Å². The lowest BCUT2D eigenvalue weighted by Gasteiger charge is -2.17. The van der Waals surface area contributed by atoms with Crippen molar-refractivity contribution >= 4 is 5.69 Å². The lowest BCUT2D eigenvalue weighted by atomic mass is 10.0. The van der Waals surface area contributed by atoms with E-state index in [1.165, 1.54) is 11.3 Å². The van der Waals surface area contributed by atoms with Crippen molar-refractivity contribution in [1.29, 1.82) is 0 Å². The highest BCUT2D eigenvalue weighted by molar-refractivity contribution is 5.47. The molecule has 0 saturated heterocycles. The van der Waals surface area contributed by atoms with E-state index in [1.807, 2.05) is 14.1 Å². The van der Waals surface area contributed by atoms with Gasteiger partial charge < -0.3 is 15.4 Å². The van der Waals surface area contributed by atoms with Crippen molar-refractivity contribution in [1.82, 2.24) is 0 Å². The molecule has 1 rings (SSSR count). The van der Waals surface area contributed by atoms with Crippen LogP contribution in [-0.4, -0.2) is 27.8 Å². The van der Waals surface area contributed by atoms with Crippen molar-refractivity contribution in [2.45, 2.75) is 18.9 Å². The first kappa shape index (κ1) is 13.0. The Morgan fingerprint density at radius 2 is 2.12 bits per heavy atom. The topological polar surface area (TPSA) is 38.5 Å². The van der Waals surface area contributed by atoms with Crippen LogP contribution in [0.1, 0.15) is 24.4 Å². The van der Waals surface area contributed by atoms with E-state index in [1.54, 1.807) is 7.11 Å². The van der Waals surface area contributed by atoms with Gasteiger partial charge in [0.1, 0.15) is 0 Å². The summed E-state index contributed by atoms with van der Waals surface area (Å²) < 4.78 is 5.03. The number of ether oxygens (including phenoxy) is 1. The molecule has 0 aliphatic rings. The Morgan fingerprint density at radius 3 is 2.75 bits per heavy atom. The molecule has 3 heteroatoms. The molecule has 0 aliphatic heterocycles. The molecule has 0 aromatic heterocycles. The third kappa shape index (κ3) is 3.83. The van der Waals surface area contributed by atoms with E-state index in [4.69, 9.17) is 10.5 Å². The van der Waals surface area contributed by atoms with Crippen LogP contribution in [0.25, 0.3) is 0 Å². The first-order valence-electron chi connectivity index (χ1n) is 5.67. The van der Waals surface area contributed by atoms with Gasteiger partial charge in [0, 0.05) is 39.5 Å². The van der Waals surface area contributed by atoms with Gasteiger partial charge in [-0.25, -0.2) is 0 Å². The fourth-order valence-electron chi connectivity index (χ4n) is 1.65. The minimum atomic E-state index is 0.107. The second-order valence-corrected chi connectivity index (χ2v) is 4.23. The molecular formula is C13H22N2O. The molecule has 1 aromatic carbocycles. The van der Waals surface area contributed by atoms with Gasteiger partial charge in [-0.05, 0) is 30.5 Å². The van der Waals surface area contributed by atoms with E-state index < -0.39 is 0 Å². The van der Waals surface area contributed by atoms with Gasteiger partial charge in [0.05, 0.1) is 0 Å². The van der Waals surface area contributed by atoms with Crippen molar-refractivity contribution in [3.05, 3.63) is 29.8 Å². The Hall–Kier alpha value is -1.06. The van der Waals surface area contributed by atoms with Crippen LogP contribution < -0.4 is 10.6 Å². The summed E-state index contributed by atoms with van der Waals surface area (Å²) in [5.74, 6) is 0. The lowest BCUT2D eigenvalue weighted by Crippen LogP contribution is -2.13. The number of nitrogens with zero attached hydrogens (tertiary/aromatic N) is 1. The normalized spacial score (nSPS) is 12.5. The quantitative estimate of drug-likeness (QED) is 0.750. The number of benzene rings is 1. The first-order chi connectivity index (χ1) is 7.65. The molecule has 1 unspecified atom stereocenters. The fourth-order valence-corrected chi connectivity index (χ4v) is 1.65. The van der Waals surface area contributed by atoms with Gasteiger partial charge in [0.2, 0.25) is 0 Å². The average Bonchev–Trinajstić information content (AvgIpc) is 2.29. The van der Waals surface area contributed by atoms with Crippen molar-refractivity contribution in [3.8, 4) is 0 Å². The van der Waals surface area contributed by atoms with Crippen molar-refractivity contribution in [2.24, 2.45) is 5.73 Å². The molecule has 3 nitrogen and oxygen atoms in total. The van der Waals surface area contributed by atoms with Gasteiger partial charge in [0.25, 0.3) is 0 Å². The zero-order valence-corrected chi connectivity index (χ0v) is 10.4. The molecule has 16 heavy (non-hydrogen) atoms. The third-order valence-electron chi connectivity index (χ3n) is 2.68. The molecule has 0 spiro atoms. The minimum absolute atomic E-state index is 0.107. The SMILES string of the molecule is COCCCC(N)c1cccc(N(C)C)c1. The highest BCUT2D eigenvalue weighted by Crippen LogP contribution is 2.20. The molecule has 1 aromatic rings. The molecule has 2 N–H and O–H groups in total. The predicted molar refractivity (Wildman–Crippen MR) is 68.8 cm³/mol. The van der Waals surface area contributed by atoms with Gasteiger partial charge >= 0.3 is 0 Å². The van der Waals surface area contributed by atoms with Crippen LogP contribution in [0.2, 0.25) is 0 Å². The standard InChI is InChI=1S/C13H22N2O/c1-15(2)12-7-4-6-11(10-12)13(14)8-5-9-16-3/h4,6-7,10,13H,5,8-9,14H2,1-3H3. The Morgan fingerprint density at radius 1 is 1.38 bits per heavy atom. The number of anilines is 1. The van der Waals surface area contributed by atoms with E-state index in [9.17, 15) is 0 Å². The summed E-state index contributed by atoms with van der Waals surface area (Å²) >= 11 is 0. The summed E-state index contributed by atoms with van der Waals surface area (Å²) in [5, 5.41) is 0. The van der Waals surface area contributed by atoms with Crippen LogP contribution in [0.3, 0.4) is 0 Å². The highest BCUT2D eigenvalue weighted by Gasteiger charge is 2.06. The van der Waals surface area contributed by atoms with Crippen LogP contribution in [0.15, 0.2) is 24.3 Å². The number of methoxy groups -OCH3 is 1. The fraction of sp³-hybridized carbons (Fsp3) is 0.538. The third-order valence-corrected chi connectivity index (χ3v) is 2.68. The molecular weight excluding hydrogens is 200 g/mol. The van der Waals surface area contributed by atoms with Crippen LogP contribution >= 0.6 is 0 Å². The zero-order chi connectivity index (χ0) is 12.0. The number of nitrogens with two attached hydrogens (primary N) is 1. The molecule has 90 valence electrons. The van der Waals surface area contributed by atoms with E-state index in [2.05, 4.69) is 29.2 Å². The molecule has 0 saturated carbocycles. The second kappa shape index (κ2) is 6.51. The molecule has 0 fully saturated rings. The maximum Gasteiger partial charge on any atom is 0.0462 e. The summed E-state index contributed by atoms with van der Waals surface area (Å²) in [5.41, 5.74) is 8.52. The lowest BCUT2D eigenvalue weighted by molar-refractivity contribution is 0.190. The summed E-state index contributed by atoms with van der Waals surface area (Å²) in [4.78, 5) is 2.09. The van der Waals surface area contributed by atoms with Crippen LogP contribution in [0.5, 0.6) is 0 Å². The van der Waals surface area contributed by atoms with Crippen LogP contribution in [-0.2, 0) is 4.74 Å². The molecule has 0 heterocycles. The number of hydrogen-bond acceptors (Lipinski definition) is 3. The largest absolute Gasteiger partial charge is 0.385 e. The van der Waals surface area contributed by atoms with Crippen LogP contribution in [0.4, 0.5) is 5.69 Å².